The first kappa shape index (κ1) is 11.2. The SMILES string of the molecule is CCC1C2CNCC2CN1Cc1cccnc1. The van der Waals surface area contributed by atoms with Crippen LogP contribution in [0.5, 0.6) is 0 Å². The van der Waals surface area contributed by atoms with E-state index in [-0.39, 0.29) is 0 Å². The molecule has 2 aliphatic rings. The Morgan fingerprint density at radius 3 is 3.18 bits per heavy atom. The third kappa shape index (κ3) is 2.09. The summed E-state index contributed by atoms with van der Waals surface area (Å²) in [6, 6.07) is 4.98. The first-order chi connectivity index (χ1) is 8.38. The van der Waals surface area contributed by atoms with Crippen LogP contribution in [0.3, 0.4) is 0 Å². The fourth-order valence-electron chi connectivity index (χ4n) is 3.58. The number of fused-ring (bicyclic) bond motifs is 1. The Balaban J connectivity index is 1.71. The Bertz CT molecular complexity index is 365. The predicted molar refractivity (Wildman–Crippen MR) is 68.6 cm³/mol. The van der Waals surface area contributed by atoms with Crippen molar-refractivity contribution in [3.8, 4) is 0 Å². The van der Waals surface area contributed by atoms with E-state index in [0.717, 1.165) is 24.4 Å². The summed E-state index contributed by atoms with van der Waals surface area (Å²) in [4.78, 5) is 6.87. The summed E-state index contributed by atoms with van der Waals surface area (Å²) >= 11 is 0. The smallest absolute Gasteiger partial charge is 0.0312 e. The van der Waals surface area contributed by atoms with Gasteiger partial charge in [0.25, 0.3) is 0 Å². The molecular formula is C14H21N3. The molecule has 1 aromatic heterocycles. The molecule has 2 fully saturated rings. The van der Waals surface area contributed by atoms with Crippen molar-refractivity contribution in [2.24, 2.45) is 11.8 Å². The molecule has 17 heavy (non-hydrogen) atoms. The molecule has 1 N–H and O–H groups in total. The summed E-state index contributed by atoms with van der Waals surface area (Å²) in [7, 11) is 0. The lowest BCUT2D eigenvalue weighted by atomic mass is 9.93. The number of rotatable bonds is 3. The Morgan fingerprint density at radius 2 is 2.41 bits per heavy atom. The topological polar surface area (TPSA) is 28.2 Å². The van der Waals surface area contributed by atoms with Gasteiger partial charge in [0.2, 0.25) is 0 Å². The zero-order chi connectivity index (χ0) is 11.7. The number of hydrogen-bond donors (Lipinski definition) is 1. The molecule has 3 unspecified atom stereocenters. The fourth-order valence-corrected chi connectivity index (χ4v) is 3.58. The summed E-state index contributed by atoms with van der Waals surface area (Å²) < 4.78 is 0. The van der Waals surface area contributed by atoms with Gasteiger partial charge in [-0.25, -0.2) is 0 Å². The molecule has 0 spiro atoms. The number of pyridine rings is 1. The third-order valence-corrected chi connectivity index (χ3v) is 4.35. The third-order valence-electron chi connectivity index (χ3n) is 4.35. The molecule has 1 aromatic rings. The van der Waals surface area contributed by atoms with E-state index in [1.807, 2.05) is 18.5 Å². The summed E-state index contributed by atoms with van der Waals surface area (Å²) in [5.74, 6) is 1.74. The molecular weight excluding hydrogens is 210 g/mol. The maximum Gasteiger partial charge on any atom is 0.0312 e. The van der Waals surface area contributed by atoms with E-state index in [2.05, 4.69) is 28.2 Å². The van der Waals surface area contributed by atoms with Gasteiger partial charge in [0.1, 0.15) is 0 Å². The Kier molecular flexibility index (Phi) is 3.12. The molecule has 0 amide bonds. The van der Waals surface area contributed by atoms with E-state index in [1.165, 1.54) is 31.6 Å². The van der Waals surface area contributed by atoms with Crippen LogP contribution < -0.4 is 5.32 Å². The van der Waals surface area contributed by atoms with Crippen LogP contribution >= 0.6 is 0 Å². The van der Waals surface area contributed by atoms with Crippen LogP contribution in [0.15, 0.2) is 24.5 Å². The number of nitrogens with one attached hydrogen (secondary N) is 1. The molecule has 0 aliphatic carbocycles. The predicted octanol–water partition coefficient (Wildman–Crippen LogP) is 1.51. The molecule has 0 saturated carbocycles. The first-order valence-corrected chi connectivity index (χ1v) is 6.72. The van der Waals surface area contributed by atoms with Gasteiger partial charge in [0.05, 0.1) is 0 Å². The van der Waals surface area contributed by atoms with Gasteiger partial charge in [-0.3, -0.25) is 9.88 Å². The first-order valence-electron chi connectivity index (χ1n) is 6.72. The summed E-state index contributed by atoms with van der Waals surface area (Å²) in [5, 5.41) is 3.53. The number of aromatic nitrogens is 1. The molecule has 3 heterocycles. The van der Waals surface area contributed by atoms with Crippen LogP contribution in [0, 0.1) is 11.8 Å². The van der Waals surface area contributed by atoms with Crippen LogP contribution in [0.4, 0.5) is 0 Å². The van der Waals surface area contributed by atoms with E-state index in [4.69, 9.17) is 0 Å². The summed E-state index contributed by atoms with van der Waals surface area (Å²) in [6.45, 7) is 7.07. The lowest BCUT2D eigenvalue weighted by Crippen LogP contribution is -2.34. The highest BCUT2D eigenvalue weighted by atomic mass is 15.2. The highest BCUT2D eigenvalue weighted by Crippen LogP contribution is 2.34. The maximum absolute atomic E-state index is 4.21. The standard InChI is InChI=1S/C14H21N3/c1-2-14-13-8-16-7-12(13)10-17(14)9-11-4-3-5-15-6-11/h3-6,12-14,16H,2,7-10H2,1H3. The second-order valence-corrected chi connectivity index (χ2v) is 5.35. The zero-order valence-corrected chi connectivity index (χ0v) is 10.5. The van der Waals surface area contributed by atoms with Gasteiger partial charge in [0, 0.05) is 31.5 Å². The van der Waals surface area contributed by atoms with Crippen molar-refractivity contribution in [3.63, 3.8) is 0 Å². The van der Waals surface area contributed by atoms with Crippen molar-refractivity contribution in [2.45, 2.75) is 25.9 Å². The largest absolute Gasteiger partial charge is 0.316 e. The molecule has 3 atom stereocenters. The zero-order valence-electron chi connectivity index (χ0n) is 10.5. The number of likely N-dealkylation sites (tertiary alicyclic amines) is 1. The lowest BCUT2D eigenvalue weighted by Gasteiger charge is -2.26. The number of nitrogens with zero attached hydrogens (tertiary/aromatic N) is 2. The molecule has 0 bridgehead atoms. The van der Waals surface area contributed by atoms with Crippen LogP contribution in [0.1, 0.15) is 18.9 Å². The van der Waals surface area contributed by atoms with E-state index >= 15 is 0 Å². The molecule has 92 valence electrons. The molecule has 2 aliphatic heterocycles. The molecule has 3 rings (SSSR count). The molecule has 3 nitrogen and oxygen atoms in total. The fraction of sp³-hybridized carbons (Fsp3) is 0.643. The van der Waals surface area contributed by atoms with E-state index in [1.54, 1.807) is 0 Å². The van der Waals surface area contributed by atoms with Gasteiger partial charge in [-0.05, 0) is 43.0 Å². The van der Waals surface area contributed by atoms with E-state index in [0.29, 0.717) is 0 Å². The molecule has 0 aromatic carbocycles. The minimum atomic E-state index is 0.759. The van der Waals surface area contributed by atoms with Crippen LogP contribution in [-0.2, 0) is 6.54 Å². The van der Waals surface area contributed by atoms with Crippen molar-refractivity contribution < 1.29 is 0 Å². The second kappa shape index (κ2) is 4.75. The Morgan fingerprint density at radius 1 is 1.47 bits per heavy atom. The second-order valence-electron chi connectivity index (χ2n) is 5.35. The van der Waals surface area contributed by atoms with Gasteiger partial charge in [-0.2, -0.15) is 0 Å². The summed E-state index contributed by atoms with van der Waals surface area (Å²) in [6.07, 6.45) is 5.12. The van der Waals surface area contributed by atoms with E-state index < -0.39 is 0 Å². The quantitative estimate of drug-likeness (QED) is 0.854. The van der Waals surface area contributed by atoms with Crippen LogP contribution in [-0.4, -0.2) is 35.6 Å². The van der Waals surface area contributed by atoms with Crippen molar-refractivity contribution in [3.05, 3.63) is 30.1 Å². The monoisotopic (exact) mass is 231 g/mol. The number of hydrogen-bond acceptors (Lipinski definition) is 3. The van der Waals surface area contributed by atoms with Gasteiger partial charge in [-0.15, -0.1) is 0 Å². The van der Waals surface area contributed by atoms with Crippen LogP contribution in [0.25, 0.3) is 0 Å². The van der Waals surface area contributed by atoms with Crippen molar-refractivity contribution in [1.29, 1.82) is 0 Å². The maximum atomic E-state index is 4.21. The average molecular weight is 231 g/mol. The highest BCUT2D eigenvalue weighted by molar-refractivity contribution is 5.10. The minimum Gasteiger partial charge on any atom is -0.316 e. The lowest BCUT2D eigenvalue weighted by molar-refractivity contribution is 0.210. The van der Waals surface area contributed by atoms with Gasteiger partial charge in [-0.1, -0.05) is 13.0 Å². The van der Waals surface area contributed by atoms with Crippen molar-refractivity contribution in [1.82, 2.24) is 15.2 Å². The van der Waals surface area contributed by atoms with Crippen LogP contribution in [0.2, 0.25) is 0 Å². The van der Waals surface area contributed by atoms with Crippen molar-refractivity contribution >= 4 is 0 Å². The van der Waals surface area contributed by atoms with Gasteiger partial charge >= 0.3 is 0 Å². The molecule has 3 heteroatoms. The summed E-state index contributed by atoms with van der Waals surface area (Å²) in [5.41, 5.74) is 1.35. The Hall–Kier alpha value is -0.930. The molecule has 2 saturated heterocycles. The van der Waals surface area contributed by atoms with E-state index in [9.17, 15) is 0 Å². The normalized spacial score (nSPS) is 32.9. The highest BCUT2D eigenvalue weighted by Gasteiger charge is 2.42. The van der Waals surface area contributed by atoms with Crippen molar-refractivity contribution in [2.75, 3.05) is 19.6 Å². The van der Waals surface area contributed by atoms with Gasteiger partial charge in [0.15, 0.2) is 0 Å². The van der Waals surface area contributed by atoms with Gasteiger partial charge < -0.3 is 5.32 Å². The molecule has 0 radical (unpaired) electrons. The Labute approximate surface area is 103 Å². The minimum absolute atomic E-state index is 0.759. The average Bonchev–Trinajstić information content (AvgIpc) is 2.90.